The third kappa shape index (κ3) is 3.34. The Kier molecular flexibility index (Phi) is 3.89. The van der Waals surface area contributed by atoms with Gasteiger partial charge in [0.1, 0.15) is 11.4 Å². The highest BCUT2D eigenvalue weighted by Crippen LogP contribution is 2.39. The molecule has 0 aliphatic carbocycles. The summed E-state index contributed by atoms with van der Waals surface area (Å²) in [6.45, 7) is 0. The number of nitrogens with zero attached hydrogens (tertiary/aromatic N) is 1. The molecule has 0 saturated carbocycles. The monoisotopic (exact) mass is 293 g/mol. The summed E-state index contributed by atoms with van der Waals surface area (Å²) >= 11 is 4.70. The van der Waals surface area contributed by atoms with Gasteiger partial charge in [-0.15, -0.1) is 0 Å². The standard InChI is InChI=1S/C9H3ClF7N/c10-7(9(15,16)17)18-5-3-1-2-4(11)6(5)8(12,13)14/h1-3H. The molecule has 0 bridgehead atoms. The van der Waals surface area contributed by atoms with Gasteiger partial charge in [-0.25, -0.2) is 9.38 Å². The van der Waals surface area contributed by atoms with Crippen LogP contribution in [0.5, 0.6) is 0 Å². The third-order valence-corrected chi connectivity index (χ3v) is 2.03. The molecular formula is C9H3ClF7N. The van der Waals surface area contributed by atoms with Crippen molar-refractivity contribution in [3.8, 4) is 0 Å². The van der Waals surface area contributed by atoms with E-state index in [9.17, 15) is 30.7 Å². The largest absolute Gasteiger partial charge is 0.444 e. The number of halogens is 8. The van der Waals surface area contributed by atoms with Gasteiger partial charge < -0.3 is 0 Å². The van der Waals surface area contributed by atoms with Gasteiger partial charge in [0.2, 0.25) is 5.17 Å². The van der Waals surface area contributed by atoms with Crippen LogP contribution in [0.1, 0.15) is 5.56 Å². The van der Waals surface area contributed by atoms with Gasteiger partial charge >= 0.3 is 12.4 Å². The Hall–Kier alpha value is -1.31. The average Bonchev–Trinajstić information content (AvgIpc) is 2.13. The first-order valence-corrected chi connectivity index (χ1v) is 4.58. The highest BCUT2D eigenvalue weighted by molar-refractivity contribution is 6.67. The molecule has 0 saturated heterocycles. The van der Waals surface area contributed by atoms with Crippen LogP contribution in [-0.2, 0) is 6.18 Å². The number of hydrogen-bond donors (Lipinski definition) is 0. The second kappa shape index (κ2) is 4.75. The van der Waals surface area contributed by atoms with E-state index in [1.807, 2.05) is 0 Å². The Morgan fingerprint density at radius 1 is 1.06 bits per heavy atom. The van der Waals surface area contributed by atoms with Gasteiger partial charge in [0.15, 0.2) is 0 Å². The van der Waals surface area contributed by atoms with Gasteiger partial charge in [-0.3, -0.25) is 0 Å². The van der Waals surface area contributed by atoms with Crippen molar-refractivity contribution in [2.75, 3.05) is 0 Å². The minimum Gasteiger partial charge on any atom is -0.232 e. The Balaban J connectivity index is 3.40. The molecule has 1 nitrogen and oxygen atoms in total. The molecule has 0 radical (unpaired) electrons. The second-order valence-electron chi connectivity index (χ2n) is 3.03. The number of hydrogen-bond acceptors (Lipinski definition) is 1. The normalized spacial score (nSPS) is 13.9. The van der Waals surface area contributed by atoms with Crippen LogP contribution in [0.4, 0.5) is 36.4 Å². The van der Waals surface area contributed by atoms with E-state index in [2.05, 4.69) is 4.99 Å². The molecule has 1 aromatic rings. The van der Waals surface area contributed by atoms with Gasteiger partial charge in [0.05, 0.1) is 5.69 Å². The molecule has 0 unspecified atom stereocenters. The van der Waals surface area contributed by atoms with Crippen molar-refractivity contribution >= 4 is 22.5 Å². The van der Waals surface area contributed by atoms with Crippen molar-refractivity contribution in [2.24, 2.45) is 4.99 Å². The number of rotatable bonds is 1. The predicted octanol–water partition coefficient (Wildman–Crippen LogP) is 4.68. The minimum atomic E-state index is -5.17. The quantitative estimate of drug-likeness (QED) is 0.527. The fourth-order valence-corrected chi connectivity index (χ4v) is 1.15. The SMILES string of the molecule is Fc1cccc(N=C(Cl)C(F)(F)F)c1C(F)(F)F. The lowest BCUT2D eigenvalue weighted by Gasteiger charge is -2.11. The number of alkyl halides is 6. The third-order valence-electron chi connectivity index (χ3n) is 1.73. The molecule has 9 heteroatoms. The van der Waals surface area contributed by atoms with E-state index in [0.29, 0.717) is 12.1 Å². The van der Waals surface area contributed by atoms with Gasteiger partial charge in [0, 0.05) is 0 Å². The van der Waals surface area contributed by atoms with E-state index in [1.54, 1.807) is 0 Å². The maximum Gasteiger partial charge on any atom is 0.444 e. The Bertz CT molecular complexity index is 475. The smallest absolute Gasteiger partial charge is 0.232 e. The maximum absolute atomic E-state index is 13.0. The van der Waals surface area contributed by atoms with Gasteiger partial charge in [-0.1, -0.05) is 17.7 Å². The second-order valence-corrected chi connectivity index (χ2v) is 3.39. The molecule has 100 valence electrons. The molecule has 0 aromatic heterocycles. The molecule has 0 amide bonds. The first-order valence-electron chi connectivity index (χ1n) is 4.20. The summed E-state index contributed by atoms with van der Waals surface area (Å²) in [5.74, 6) is -1.73. The molecule has 0 N–H and O–H groups in total. The molecule has 0 spiro atoms. The summed E-state index contributed by atoms with van der Waals surface area (Å²) in [4.78, 5) is 2.55. The van der Waals surface area contributed by atoms with Crippen LogP contribution in [0.15, 0.2) is 23.2 Å². The van der Waals surface area contributed by atoms with Crippen molar-refractivity contribution in [2.45, 2.75) is 12.4 Å². The van der Waals surface area contributed by atoms with Gasteiger partial charge in [-0.2, -0.15) is 26.3 Å². The first kappa shape index (κ1) is 14.7. The first-order chi connectivity index (χ1) is 8.03. The van der Waals surface area contributed by atoms with Crippen LogP contribution in [0, 0.1) is 5.82 Å². The maximum atomic E-state index is 13.0. The van der Waals surface area contributed by atoms with E-state index in [4.69, 9.17) is 11.6 Å². The van der Waals surface area contributed by atoms with Crippen molar-refractivity contribution in [1.82, 2.24) is 0 Å². The summed E-state index contributed by atoms with van der Waals surface area (Å²) in [5, 5.41) is -2.02. The number of aliphatic imine (C=N–C) groups is 1. The lowest BCUT2D eigenvalue weighted by molar-refractivity contribution is -0.139. The Labute approximate surface area is 101 Å². The van der Waals surface area contributed by atoms with Crippen LogP contribution >= 0.6 is 11.6 Å². The fraction of sp³-hybridized carbons (Fsp3) is 0.222. The van der Waals surface area contributed by atoms with Crippen molar-refractivity contribution in [3.05, 3.63) is 29.6 Å². The van der Waals surface area contributed by atoms with Crippen molar-refractivity contribution in [1.29, 1.82) is 0 Å². The van der Waals surface area contributed by atoms with E-state index < -0.39 is 34.6 Å². The van der Waals surface area contributed by atoms with Crippen LogP contribution < -0.4 is 0 Å². The molecule has 0 aliphatic heterocycles. The Morgan fingerprint density at radius 3 is 2.06 bits per heavy atom. The lowest BCUT2D eigenvalue weighted by Crippen LogP contribution is -2.17. The zero-order valence-electron chi connectivity index (χ0n) is 8.20. The summed E-state index contributed by atoms with van der Waals surface area (Å²) in [6.07, 6.45) is -10.3. The van der Waals surface area contributed by atoms with Gasteiger partial charge in [0.25, 0.3) is 0 Å². The summed E-state index contributed by atoms with van der Waals surface area (Å²) in [5.41, 5.74) is -3.13. The minimum absolute atomic E-state index is 0.462. The predicted molar refractivity (Wildman–Crippen MR) is 50.4 cm³/mol. The van der Waals surface area contributed by atoms with Crippen LogP contribution in [0.3, 0.4) is 0 Å². The fourth-order valence-electron chi connectivity index (χ4n) is 1.06. The Morgan fingerprint density at radius 2 is 1.61 bits per heavy atom. The molecule has 0 aliphatic rings. The van der Waals surface area contributed by atoms with E-state index in [0.717, 1.165) is 6.07 Å². The van der Waals surface area contributed by atoms with Crippen LogP contribution in [-0.4, -0.2) is 11.3 Å². The lowest BCUT2D eigenvalue weighted by atomic mass is 10.1. The molecule has 1 rings (SSSR count). The van der Waals surface area contributed by atoms with E-state index >= 15 is 0 Å². The van der Waals surface area contributed by atoms with Crippen LogP contribution in [0.2, 0.25) is 0 Å². The highest BCUT2D eigenvalue weighted by atomic mass is 35.5. The highest BCUT2D eigenvalue weighted by Gasteiger charge is 2.39. The molecule has 18 heavy (non-hydrogen) atoms. The van der Waals surface area contributed by atoms with Crippen molar-refractivity contribution < 1.29 is 30.7 Å². The topological polar surface area (TPSA) is 12.4 Å². The van der Waals surface area contributed by atoms with Crippen molar-refractivity contribution in [3.63, 3.8) is 0 Å². The van der Waals surface area contributed by atoms with Gasteiger partial charge in [-0.05, 0) is 12.1 Å². The van der Waals surface area contributed by atoms with E-state index in [-0.39, 0.29) is 0 Å². The molecular weight excluding hydrogens is 291 g/mol. The van der Waals surface area contributed by atoms with E-state index in [1.165, 1.54) is 0 Å². The summed E-state index contributed by atoms with van der Waals surface area (Å²) in [6, 6.07) is 1.84. The van der Waals surface area contributed by atoms with Crippen LogP contribution in [0.25, 0.3) is 0 Å². The zero-order valence-corrected chi connectivity index (χ0v) is 8.96. The molecule has 0 fully saturated rings. The average molecular weight is 294 g/mol. The molecule has 1 aromatic carbocycles. The summed E-state index contributed by atoms with van der Waals surface area (Å²) < 4.78 is 86.3. The zero-order chi connectivity index (χ0) is 14.1. The summed E-state index contributed by atoms with van der Waals surface area (Å²) in [7, 11) is 0. The molecule has 0 heterocycles. The molecule has 0 atom stereocenters. The number of benzene rings is 1.